The van der Waals surface area contributed by atoms with Crippen molar-refractivity contribution >= 4 is 18.1 Å². The minimum Gasteiger partial charge on any atom is -0.497 e. The van der Waals surface area contributed by atoms with Gasteiger partial charge in [-0.15, -0.1) is 0 Å². The number of esters is 1. The molecule has 1 amide bonds. The third-order valence-corrected chi connectivity index (χ3v) is 5.45. The van der Waals surface area contributed by atoms with E-state index in [1.54, 1.807) is 67.8 Å². The SMILES string of the molecule is COc1ccc(C(=O)Oc2ccc(/C=N/NC(=O)c3ccc(-n4c(C)ccc4C)cc3)cc2)cc1. The van der Waals surface area contributed by atoms with Gasteiger partial charge in [0.1, 0.15) is 11.5 Å². The van der Waals surface area contributed by atoms with Gasteiger partial charge in [0.25, 0.3) is 5.91 Å². The molecule has 0 unspecified atom stereocenters. The van der Waals surface area contributed by atoms with Crippen LogP contribution in [0.5, 0.6) is 11.5 Å². The molecule has 0 aliphatic carbocycles. The first kappa shape index (κ1) is 23.5. The number of carbonyl (C=O) groups is 2. The molecule has 0 radical (unpaired) electrons. The Kier molecular flexibility index (Phi) is 7.07. The quantitative estimate of drug-likeness (QED) is 0.178. The van der Waals surface area contributed by atoms with E-state index in [1.165, 1.54) is 6.21 Å². The van der Waals surface area contributed by atoms with Crippen molar-refractivity contribution in [3.63, 3.8) is 0 Å². The molecule has 0 saturated heterocycles. The fourth-order valence-electron chi connectivity index (χ4n) is 3.58. The molecule has 0 aliphatic heterocycles. The standard InChI is InChI=1S/C28H25N3O4/c1-19-4-5-20(2)31(19)24-12-8-22(9-13-24)27(32)30-29-18-21-6-14-26(15-7-21)35-28(33)23-10-16-25(34-3)17-11-23/h4-18H,1-3H3,(H,30,32)/b29-18+. The van der Waals surface area contributed by atoms with E-state index in [4.69, 9.17) is 9.47 Å². The summed E-state index contributed by atoms with van der Waals surface area (Å²) >= 11 is 0. The van der Waals surface area contributed by atoms with Crippen molar-refractivity contribution in [2.45, 2.75) is 13.8 Å². The molecule has 0 fully saturated rings. The summed E-state index contributed by atoms with van der Waals surface area (Å²) in [6.07, 6.45) is 1.52. The molecular weight excluding hydrogens is 442 g/mol. The number of methoxy groups -OCH3 is 1. The molecule has 0 atom stereocenters. The Hall–Kier alpha value is -4.65. The Morgan fingerprint density at radius 1 is 0.771 bits per heavy atom. The van der Waals surface area contributed by atoms with Gasteiger partial charge < -0.3 is 14.0 Å². The monoisotopic (exact) mass is 467 g/mol. The van der Waals surface area contributed by atoms with E-state index < -0.39 is 5.97 Å². The first-order valence-corrected chi connectivity index (χ1v) is 11.0. The second-order valence-corrected chi connectivity index (χ2v) is 7.88. The van der Waals surface area contributed by atoms with Crippen molar-refractivity contribution in [3.05, 3.63) is 113 Å². The van der Waals surface area contributed by atoms with Gasteiger partial charge in [0.15, 0.2) is 0 Å². The molecule has 7 nitrogen and oxygen atoms in total. The minimum absolute atomic E-state index is 0.307. The summed E-state index contributed by atoms with van der Waals surface area (Å²) in [5.41, 5.74) is 7.46. The number of amides is 1. The summed E-state index contributed by atoms with van der Waals surface area (Å²) in [6.45, 7) is 4.08. The van der Waals surface area contributed by atoms with Crippen LogP contribution in [-0.2, 0) is 0 Å². The zero-order chi connectivity index (χ0) is 24.8. The van der Waals surface area contributed by atoms with E-state index in [9.17, 15) is 9.59 Å². The van der Waals surface area contributed by atoms with Gasteiger partial charge in [-0.25, -0.2) is 10.2 Å². The van der Waals surface area contributed by atoms with Crippen LogP contribution in [0.25, 0.3) is 5.69 Å². The van der Waals surface area contributed by atoms with Crippen molar-refractivity contribution < 1.29 is 19.1 Å². The van der Waals surface area contributed by atoms with Gasteiger partial charge in [-0.05, 0) is 104 Å². The van der Waals surface area contributed by atoms with Crippen LogP contribution in [0.4, 0.5) is 0 Å². The van der Waals surface area contributed by atoms with Crippen LogP contribution in [0.2, 0.25) is 0 Å². The summed E-state index contributed by atoms with van der Waals surface area (Å²) in [5, 5.41) is 4.02. The van der Waals surface area contributed by atoms with Crippen molar-refractivity contribution in [2.75, 3.05) is 7.11 Å². The smallest absolute Gasteiger partial charge is 0.343 e. The van der Waals surface area contributed by atoms with Gasteiger partial charge in [0.2, 0.25) is 0 Å². The topological polar surface area (TPSA) is 81.9 Å². The van der Waals surface area contributed by atoms with Gasteiger partial charge in [0.05, 0.1) is 18.9 Å². The molecule has 0 saturated carbocycles. The number of nitrogens with one attached hydrogen (secondary N) is 1. The van der Waals surface area contributed by atoms with Crippen molar-refractivity contribution in [1.29, 1.82) is 0 Å². The van der Waals surface area contributed by atoms with Gasteiger partial charge in [-0.1, -0.05) is 0 Å². The van der Waals surface area contributed by atoms with Crippen LogP contribution in [0.15, 0.2) is 90.0 Å². The fourth-order valence-corrected chi connectivity index (χ4v) is 3.58. The van der Waals surface area contributed by atoms with E-state index in [2.05, 4.69) is 27.2 Å². The number of hydrogen-bond donors (Lipinski definition) is 1. The first-order chi connectivity index (χ1) is 16.9. The van der Waals surface area contributed by atoms with Crippen molar-refractivity contribution in [1.82, 2.24) is 9.99 Å². The molecule has 4 rings (SSSR count). The molecule has 35 heavy (non-hydrogen) atoms. The predicted octanol–water partition coefficient (Wildman–Crippen LogP) is 5.09. The highest BCUT2D eigenvalue weighted by Crippen LogP contribution is 2.18. The lowest BCUT2D eigenvalue weighted by Gasteiger charge is -2.10. The molecule has 0 bridgehead atoms. The lowest BCUT2D eigenvalue weighted by Crippen LogP contribution is -2.17. The third kappa shape index (κ3) is 5.65. The highest BCUT2D eigenvalue weighted by atomic mass is 16.5. The van der Waals surface area contributed by atoms with E-state index in [1.807, 2.05) is 26.0 Å². The van der Waals surface area contributed by atoms with E-state index in [0.29, 0.717) is 22.6 Å². The molecule has 4 aromatic rings. The fraction of sp³-hybridized carbons (Fsp3) is 0.107. The minimum atomic E-state index is -0.463. The number of nitrogens with zero attached hydrogens (tertiary/aromatic N) is 2. The number of rotatable bonds is 7. The first-order valence-electron chi connectivity index (χ1n) is 11.0. The summed E-state index contributed by atoms with van der Waals surface area (Å²) in [7, 11) is 1.56. The lowest BCUT2D eigenvalue weighted by atomic mass is 10.2. The van der Waals surface area contributed by atoms with Gasteiger partial charge >= 0.3 is 5.97 Å². The maximum atomic E-state index is 12.4. The lowest BCUT2D eigenvalue weighted by molar-refractivity contribution is 0.0734. The predicted molar refractivity (Wildman–Crippen MR) is 135 cm³/mol. The van der Waals surface area contributed by atoms with Crippen LogP contribution in [0, 0.1) is 13.8 Å². The summed E-state index contributed by atoms with van der Waals surface area (Å²) in [6, 6.07) is 24.9. The molecule has 0 aliphatic rings. The maximum absolute atomic E-state index is 12.4. The van der Waals surface area contributed by atoms with Crippen molar-refractivity contribution in [3.8, 4) is 17.2 Å². The van der Waals surface area contributed by atoms with E-state index >= 15 is 0 Å². The van der Waals surface area contributed by atoms with Crippen LogP contribution in [-0.4, -0.2) is 29.8 Å². The molecule has 1 heterocycles. The highest BCUT2D eigenvalue weighted by Gasteiger charge is 2.09. The second kappa shape index (κ2) is 10.5. The number of carbonyl (C=O) groups excluding carboxylic acids is 2. The van der Waals surface area contributed by atoms with Crippen molar-refractivity contribution in [2.24, 2.45) is 5.10 Å². The Morgan fingerprint density at radius 2 is 1.34 bits per heavy atom. The Labute approximate surface area is 203 Å². The molecule has 3 aromatic carbocycles. The number of benzene rings is 3. The second-order valence-electron chi connectivity index (χ2n) is 7.88. The molecule has 7 heteroatoms. The number of aryl methyl sites for hydroxylation is 2. The number of ether oxygens (including phenoxy) is 2. The van der Waals surface area contributed by atoms with Crippen LogP contribution >= 0.6 is 0 Å². The number of hydrazone groups is 1. The average molecular weight is 468 g/mol. The van der Waals surface area contributed by atoms with E-state index in [0.717, 1.165) is 22.6 Å². The van der Waals surface area contributed by atoms with Gasteiger partial charge in [-0.3, -0.25) is 4.79 Å². The summed E-state index contributed by atoms with van der Waals surface area (Å²) in [5.74, 6) is 0.296. The average Bonchev–Trinajstić information content (AvgIpc) is 3.22. The largest absolute Gasteiger partial charge is 0.497 e. The Morgan fingerprint density at radius 3 is 1.94 bits per heavy atom. The van der Waals surface area contributed by atoms with E-state index in [-0.39, 0.29) is 5.91 Å². The van der Waals surface area contributed by atoms with Gasteiger partial charge in [-0.2, -0.15) is 5.10 Å². The maximum Gasteiger partial charge on any atom is 0.343 e. The molecule has 176 valence electrons. The number of hydrogen-bond acceptors (Lipinski definition) is 5. The zero-order valence-corrected chi connectivity index (χ0v) is 19.7. The molecule has 1 N–H and O–H groups in total. The number of aromatic nitrogens is 1. The normalized spacial score (nSPS) is 10.8. The third-order valence-electron chi connectivity index (χ3n) is 5.45. The molecule has 1 aromatic heterocycles. The Balaban J connectivity index is 1.32. The van der Waals surface area contributed by atoms with Crippen LogP contribution in [0.1, 0.15) is 37.7 Å². The summed E-state index contributed by atoms with van der Waals surface area (Å²) < 4.78 is 12.6. The molecule has 0 spiro atoms. The highest BCUT2D eigenvalue weighted by molar-refractivity contribution is 5.95. The summed E-state index contributed by atoms with van der Waals surface area (Å²) in [4.78, 5) is 24.7. The van der Waals surface area contributed by atoms with Crippen LogP contribution < -0.4 is 14.9 Å². The Bertz CT molecular complexity index is 1330. The molecular formula is C28H25N3O4. The van der Waals surface area contributed by atoms with Crippen LogP contribution in [0.3, 0.4) is 0 Å². The van der Waals surface area contributed by atoms with Gasteiger partial charge in [0, 0.05) is 22.6 Å². The zero-order valence-electron chi connectivity index (χ0n) is 19.7.